The molecule has 1 saturated heterocycles. The second-order valence-corrected chi connectivity index (χ2v) is 8.28. The first-order valence-corrected chi connectivity index (χ1v) is 11.0. The standard InChI is InChI=1S/C23H25N3O4S/c1-28-17-6-5-7-18(14-17)30-15-21(27)26-12-10-16(11-13-26)22-24-25-23(31-22)19-8-3-4-9-20(19)29-2/h3-9,14,16H,10-13,15H2,1-2H3. The number of methoxy groups -OCH3 is 2. The number of hydrogen-bond acceptors (Lipinski definition) is 7. The van der Waals surface area contributed by atoms with Crippen LogP contribution in [0.4, 0.5) is 0 Å². The molecule has 162 valence electrons. The number of rotatable bonds is 7. The topological polar surface area (TPSA) is 73.8 Å². The van der Waals surface area contributed by atoms with E-state index in [4.69, 9.17) is 14.2 Å². The number of benzene rings is 2. The smallest absolute Gasteiger partial charge is 0.260 e. The van der Waals surface area contributed by atoms with Gasteiger partial charge < -0.3 is 19.1 Å². The van der Waals surface area contributed by atoms with E-state index in [-0.39, 0.29) is 12.5 Å². The van der Waals surface area contributed by atoms with Gasteiger partial charge in [-0.25, -0.2) is 0 Å². The second kappa shape index (κ2) is 9.78. The molecule has 2 aromatic carbocycles. The number of piperidine rings is 1. The summed E-state index contributed by atoms with van der Waals surface area (Å²) in [6.45, 7) is 1.40. The zero-order chi connectivity index (χ0) is 21.6. The van der Waals surface area contributed by atoms with Crippen molar-refractivity contribution in [3.05, 3.63) is 53.5 Å². The molecule has 0 atom stereocenters. The summed E-state index contributed by atoms with van der Waals surface area (Å²) < 4.78 is 16.3. The van der Waals surface area contributed by atoms with Crippen LogP contribution in [0.15, 0.2) is 48.5 Å². The van der Waals surface area contributed by atoms with E-state index in [1.54, 1.807) is 31.6 Å². The number of amides is 1. The van der Waals surface area contributed by atoms with E-state index in [2.05, 4.69) is 10.2 Å². The molecule has 1 fully saturated rings. The van der Waals surface area contributed by atoms with E-state index in [0.29, 0.717) is 30.5 Å². The van der Waals surface area contributed by atoms with Crippen LogP contribution < -0.4 is 14.2 Å². The molecule has 0 bridgehead atoms. The lowest BCUT2D eigenvalue weighted by Crippen LogP contribution is -2.40. The van der Waals surface area contributed by atoms with E-state index in [1.807, 2.05) is 47.4 Å². The number of likely N-dealkylation sites (tertiary alicyclic amines) is 1. The molecule has 0 unspecified atom stereocenters. The highest BCUT2D eigenvalue weighted by Crippen LogP contribution is 2.36. The van der Waals surface area contributed by atoms with Crippen molar-refractivity contribution in [1.29, 1.82) is 0 Å². The summed E-state index contributed by atoms with van der Waals surface area (Å²) >= 11 is 1.60. The first-order valence-electron chi connectivity index (χ1n) is 10.2. The molecule has 0 N–H and O–H groups in total. The van der Waals surface area contributed by atoms with Gasteiger partial charge in [0, 0.05) is 25.1 Å². The molecule has 1 aliphatic heterocycles. The van der Waals surface area contributed by atoms with Crippen LogP contribution in [-0.4, -0.2) is 54.9 Å². The predicted molar refractivity (Wildman–Crippen MR) is 119 cm³/mol. The van der Waals surface area contributed by atoms with Crippen molar-refractivity contribution in [1.82, 2.24) is 15.1 Å². The fourth-order valence-electron chi connectivity index (χ4n) is 3.63. The number of nitrogens with zero attached hydrogens (tertiary/aromatic N) is 3. The summed E-state index contributed by atoms with van der Waals surface area (Å²) in [7, 11) is 3.26. The maximum atomic E-state index is 12.6. The zero-order valence-electron chi connectivity index (χ0n) is 17.6. The fraction of sp³-hybridized carbons (Fsp3) is 0.348. The Hall–Kier alpha value is -3.13. The Morgan fingerprint density at radius 1 is 1.03 bits per heavy atom. The number of ether oxygens (including phenoxy) is 3. The Morgan fingerprint density at radius 3 is 2.58 bits per heavy atom. The van der Waals surface area contributed by atoms with Gasteiger partial charge in [0.05, 0.1) is 19.8 Å². The molecule has 1 amide bonds. The molecular weight excluding hydrogens is 414 g/mol. The third-order valence-corrected chi connectivity index (χ3v) is 6.50. The van der Waals surface area contributed by atoms with Crippen LogP contribution in [0.25, 0.3) is 10.6 Å². The van der Waals surface area contributed by atoms with Crippen LogP contribution in [0.2, 0.25) is 0 Å². The number of carbonyl (C=O) groups is 1. The summed E-state index contributed by atoms with van der Waals surface area (Å²) in [6, 6.07) is 15.1. The number of aromatic nitrogens is 2. The minimum atomic E-state index is -0.00625. The van der Waals surface area contributed by atoms with Crippen LogP contribution in [-0.2, 0) is 4.79 Å². The Labute approximate surface area is 185 Å². The average Bonchev–Trinajstić information content (AvgIpc) is 3.33. The highest BCUT2D eigenvalue weighted by Gasteiger charge is 2.27. The van der Waals surface area contributed by atoms with Crippen molar-refractivity contribution >= 4 is 17.2 Å². The highest BCUT2D eigenvalue weighted by atomic mass is 32.1. The lowest BCUT2D eigenvalue weighted by atomic mass is 9.98. The van der Waals surface area contributed by atoms with Gasteiger partial charge in [-0.3, -0.25) is 4.79 Å². The quantitative estimate of drug-likeness (QED) is 0.554. The highest BCUT2D eigenvalue weighted by molar-refractivity contribution is 7.14. The molecule has 0 saturated carbocycles. The Balaban J connectivity index is 1.31. The van der Waals surface area contributed by atoms with Gasteiger partial charge in [-0.15, -0.1) is 10.2 Å². The zero-order valence-corrected chi connectivity index (χ0v) is 18.4. The van der Waals surface area contributed by atoms with Crippen LogP contribution in [0.5, 0.6) is 17.2 Å². The summed E-state index contributed by atoms with van der Waals surface area (Å²) in [5.41, 5.74) is 0.955. The minimum absolute atomic E-state index is 0.00625. The van der Waals surface area contributed by atoms with Gasteiger partial charge in [0.15, 0.2) is 11.6 Å². The van der Waals surface area contributed by atoms with E-state index >= 15 is 0 Å². The van der Waals surface area contributed by atoms with Gasteiger partial charge >= 0.3 is 0 Å². The molecule has 8 heteroatoms. The molecule has 0 spiro atoms. The Bertz CT molecular complexity index is 1030. The van der Waals surface area contributed by atoms with Gasteiger partial charge in [-0.1, -0.05) is 29.5 Å². The summed E-state index contributed by atoms with van der Waals surface area (Å²) in [6.07, 6.45) is 1.73. The van der Waals surface area contributed by atoms with Crippen molar-refractivity contribution in [2.45, 2.75) is 18.8 Å². The molecule has 7 nitrogen and oxygen atoms in total. The van der Waals surface area contributed by atoms with Crippen LogP contribution in [0.1, 0.15) is 23.8 Å². The lowest BCUT2D eigenvalue weighted by molar-refractivity contribution is -0.134. The summed E-state index contributed by atoms with van der Waals surface area (Å²) in [5.74, 6) is 2.43. The molecule has 1 aromatic heterocycles. The predicted octanol–water partition coefficient (Wildman–Crippen LogP) is 4.01. The number of para-hydroxylation sites is 1. The van der Waals surface area contributed by atoms with E-state index in [0.717, 1.165) is 34.2 Å². The maximum absolute atomic E-state index is 12.6. The normalized spacial score (nSPS) is 14.3. The number of carbonyl (C=O) groups excluding carboxylic acids is 1. The van der Waals surface area contributed by atoms with Crippen LogP contribution in [0, 0.1) is 0 Å². The largest absolute Gasteiger partial charge is 0.497 e. The SMILES string of the molecule is COc1cccc(OCC(=O)N2CCC(c3nnc(-c4ccccc4OC)s3)CC2)c1. The van der Waals surface area contributed by atoms with Crippen LogP contribution in [0.3, 0.4) is 0 Å². The van der Waals surface area contributed by atoms with Gasteiger partial charge in [0.25, 0.3) is 5.91 Å². The molecule has 2 heterocycles. The van der Waals surface area contributed by atoms with Crippen molar-refractivity contribution in [3.63, 3.8) is 0 Å². The molecule has 31 heavy (non-hydrogen) atoms. The second-order valence-electron chi connectivity index (χ2n) is 7.27. The summed E-state index contributed by atoms with van der Waals surface area (Å²) in [4.78, 5) is 14.4. The molecule has 0 radical (unpaired) electrons. The fourth-order valence-corrected chi connectivity index (χ4v) is 4.68. The molecule has 1 aliphatic rings. The van der Waals surface area contributed by atoms with Crippen molar-refractivity contribution in [2.75, 3.05) is 33.9 Å². The Kier molecular flexibility index (Phi) is 6.66. The van der Waals surface area contributed by atoms with Crippen molar-refractivity contribution < 1.29 is 19.0 Å². The van der Waals surface area contributed by atoms with Gasteiger partial charge in [0.2, 0.25) is 0 Å². The van der Waals surface area contributed by atoms with E-state index in [1.165, 1.54) is 0 Å². The van der Waals surface area contributed by atoms with E-state index < -0.39 is 0 Å². The minimum Gasteiger partial charge on any atom is -0.497 e. The van der Waals surface area contributed by atoms with Gasteiger partial charge in [-0.05, 0) is 37.1 Å². The van der Waals surface area contributed by atoms with E-state index in [9.17, 15) is 4.79 Å². The Morgan fingerprint density at radius 2 is 1.81 bits per heavy atom. The maximum Gasteiger partial charge on any atom is 0.260 e. The van der Waals surface area contributed by atoms with Crippen LogP contribution >= 0.6 is 11.3 Å². The first kappa shape index (κ1) is 21.1. The third-order valence-electron chi connectivity index (χ3n) is 5.38. The monoisotopic (exact) mass is 439 g/mol. The molecule has 3 aromatic rings. The van der Waals surface area contributed by atoms with Gasteiger partial charge in [0.1, 0.15) is 22.3 Å². The average molecular weight is 440 g/mol. The molecule has 0 aliphatic carbocycles. The van der Waals surface area contributed by atoms with Crippen molar-refractivity contribution in [3.8, 4) is 27.8 Å². The molecular formula is C23H25N3O4S. The number of hydrogen-bond donors (Lipinski definition) is 0. The lowest BCUT2D eigenvalue weighted by Gasteiger charge is -2.30. The van der Waals surface area contributed by atoms with Crippen molar-refractivity contribution in [2.24, 2.45) is 0 Å². The third kappa shape index (κ3) is 4.96. The summed E-state index contributed by atoms with van der Waals surface area (Å²) in [5, 5.41) is 10.7. The van der Waals surface area contributed by atoms with Gasteiger partial charge in [-0.2, -0.15) is 0 Å². The molecule has 4 rings (SSSR count). The first-order chi connectivity index (χ1) is 15.2.